The van der Waals surface area contributed by atoms with E-state index in [1.165, 1.54) is 6.07 Å². The number of phenols is 1. The first-order chi connectivity index (χ1) is 7.00. The Labute approximate surface area is 86.9 Å². The van der Waals surface area contributed by atoms with Gasteiger partial charge in [0.25, 0.3) is 5.91 Å². The topological polar surface area (TPSA) is 49.3 Å². The summed E-state index contributed by atoms with van der Waals surface area (Å²) in [6.45, 7) is 1.92. The van der Waals surface area contributed by atoms with E-state index in [1.54, 1.807) is 0 Å². The fourth-order valence-corrected chi connectivity index (χ4v) is 1.34. The van der Waals surface area contributed by atoms with Crippen LogP contribution in [0.5, 0.6) is 5.75 Å². The van der Waals surface area contributed by atoms with E-state index >= 15 is 0 Å². The van der Waals surface area contributed by atoms with Crippen LogP contribution in [0.1, 0.15) is 30.1 Å². The fraction of sp³-hybridized carbons (Fsp3) is 0.364. The van der Waals surface area contributed by atoms with Crippen LogP contribution in [0.25, 0.3) is 0 Å². The Bertz CT molecular complexity index is 413. The third kappa shape index (κ3) is 2.09. The molecule has 80 valence electrons. The summed E-state index contributed by atoms with van der Waals surface area (Å²) in [4.78, 5) is 11.6. The van der Waals surface area contributed by atoms with Crippen molar-refractivity contribution >= 4 is 5.91 Å². The quantitative estimate of drug-likeness (QED) is 0.780. The Balaban J connectivity index is 2.21. The highest BCUT2D eigenvalue weighted by atomic mass is 19.1. The molecule has 0 aromatic heterocycles. The predicted octanol–water partition coefficient (Wildman–Crippen LogP) is 1.81. The van der Waals surface area contributed by atoms with Crippen LogP contribution in [0.4, 0.5) is 4.39 Å². The second-order valence-corrected chi connectivity index (χ2v) is 4.18. The van der Waals surface area contributed by atoms with E-state index in [0.29, 0.717) is 0 Å². The first-order valence-electron chi connectivity index (χ1n) is 4.81. The van der Waals surface area contributed by atoms with Gasteiger partial charge in [-0.05, 0) is 38.0 Å². The minimum absolute atomic E-state index is 0.0110. The molecule has 1 aromatic rings. The summed E-state index contributed by atoms with van der Waals surface area (Å²) in [6, 6.07) is 3.33. The number of nitrogens with one attached hydrogen (secondary N) is 1. The highest BCUT2D eigenvalue weighted by molar-refractivity contribution is 5.97. The lowest BCUT2D eigenvalue weighted by molar-refractivity contribution is 0.0932. The molecule has 1 amide bonds. The molecule has 1 fully saturated rings. The lowest BCUT2D eigenvalue weighted by Gasteiger charge is -2.12. The molecule has 2 rings (SSSR count). The number of rotatable bonds is 2. The molecule has 1 aromatic carbocycles. The molecule has 0 heterocycles. The van der Waals surface area contributed by atoms with Gasteiger partial charge in [0, 0.05) is 5.54 Å². The Morgan fingerprint density at radius 3 is 2.80 bits per heavy atom. The number of benzene rings is 1. The van der Waals surface area contributed by atoms with Gasteiger partial charge >= 0.3 is 0 Å². The minimum Gasteiger partial charge on any atom is -0.507 e. The number of halogens is 1. The van der Waals surface area contributed by atoms with Gasteiger partial charge in [-0.25, -0.2) is 4.39 Å². The molecule has 0 spiro atoms. The molecule has 0 aliphatic heterocycles. The highest BCUT2D eigenvalue weighted by Gasteiger charge is 2.39. The monoisotopic (exact) mass is 209 g/mol. The summed E-state index contributed by atoms with van der Waals surface area (Å²) in [5, 5.41) is 12.1. The van der Waals surface area contributed by atoms with E-state index in [1.807, 2.05) is 6.92 Å². The third-order valence-corrected chi connectivity index (χ3v) is 2.62. The van der Waals surface area contributed by atoms with E-state index in [0.717, 1.165) is 25.0 Å². The van der Waals surface area contributed by atoms with Crippen molar-refractivity contribution in [2.24, 2.45) is 0 Å². The van der Waals surface area contributed by atoms with Crippen LogP contribution in [0.3, 0.4) is 0 Å². The normalized spacial score (nSPS) is 17.2. The predicted molar refractivity (Wildman–Crippen MR) is 53.2 cm³/mol. The standard InChI is InChI=1S/C11H12FNO2/c1-11(4-5-11)13-10(15)8-6-7(12)2-3-9(8)14/h2-3,6,14H,4-5H2,1H3,(H,13,15). The van der Waals surface area contributed by atoms with Crippen molar-refractivity contribution in [3.63, 3.8) is 0 Å². The molecule has 1 saturated carbocycles. The number of carbonyl (C=O) groups is 1. The van der Waals surface area contributed by atoms with Gasteiger partial charge in [-0.3, -0.25) is 4.79 Å². The number of amides is 1. The van der Waals surface area contributed by atoms with E-state index in [4.69, 9.17) is 0 Å². The summed E-state index contributed by atoms with van der Waals surface area (Å²) >= 11 is 0. The molecule has 3 nitrogen and oxygen atoms in total. The molecule has 1 aliphatic rings. The average molecular weight is 209 g/mol. The molecule has 4 heteroatoms. The maximum absolute atomic E-state index is 12.9. The second-order valence-electron chi connectivity index (χ2n) is 4.18. The van der Waals surface area contributed by atoms with Crippen molar-refractivity contribution in [1.82, 2.24) is 5.32 Å². The summed E-state index contributed by atoms with van der Waals surface area (Å²) in [5.41, 5.74) is -0.182. The highest BCUT2D eigenvalue weighted by Crippen LogP contribution is 2.35. The number of hydrogen-bond acceptors (Lipinski definition) is 2. The Hall–Kier alpha value is -1.58. The Morgan fingerprint density at radius 1 is 1.53 bits per heavy atom. The van der Waals surface area contributed by atoms with E-state index in [2.05, 4.69) is 5.32 Å². The van der Waals surface area contributed by atoms with Gasteiger partial charge in [-0.15, -0.1) is 0 Å². The zero-order valence-electron chi connectivity index (χ0n) is 8.38. The summed E-state index contributed by atoms with van der Waals surface area (Å²) in [6.07, 6.45) is 1.85. The first kappa shape index (κ1) is 9.96. The van der Waals surface area contributed by atoms with Gasteiger partial charge in [-0.2, -0.15) is 0 Å². The number of phenolic OH excluding ortho intramolecular Hbond substituents is 1. The molecule has 0 bridgehead atoms. The van der Waals surface area contributed by atoms with Gasteiger partial charge in [0.1, 0.15) is 11.6 Å². The molecule has 0 unspecified atom stereocenters. The molecule has 0 atom stereocenters. The molecular weight excluding hydrogens is 197 g/mol. The van der Waals surface area contributed by atoms with Crippen molar-refractivity contribution in [3.8, 4) is 5.75 Å². The maximum Gasteiger partial charge on any atom is 0.255 e. The Morgan fingerprint density at radius 2 is 2.20 bits per heavy atom. The maximum atomic E-state index is 12.9. The fourth-order valence-electron chi connectivity index (χ4n) is 1.34. The number of hydrogen-bond donors (Lipinski definition) is 2. The van der Waals surface area contributed by atoms with Crippen LogP contribution in [0.15, 0.2) is 18.2 Å². The van der Waals surface area contributed by atoms with Gasteiger partial charge in [0.2, 0.25) is 0 Å². The molecule has 1 aliphatic carbocycles. The molecule has 2 N–H and O–H groups in total. The largest absolute Gasteiger partial charge is 0.507 e. The first-order valence-corrected chi connectivity index (χ1v) is 4.81. The second kappa shape index (κ2) is 3.22. The minimum atomic E-state index is -0.529. The zero-order chi connectivity index (χ0) is 11.1. The number of carbonyl (C=O) groups excluding carboxylic acids is 1. The summed E-state index contributed by atoms with van der Waals surface area (Å²) < 4.78 is 12.9. The van der Waals surface area contributed by atoms with Crippen LogP contribution in [0, 0.1) is 5.82 Å². The van der Waals surface area contributed by atoms with Gasteiger partial charge < -0.3 is 10.4 Å². The Kier molecular flexibility index (Phi) is 2.14. The average Bonchev–Trinajstić information content (AvgIpc) is 2.87. The zero-order valence-corrected chi connectivity index (χ0v) is 8.38. The van der Waals surface area contributed by atoms with Gasteiger partial charge in [0.15, 0.2) is 0 Å². The smallest absolute Gasteiger partial charge is 0.255 e. The lowest BCUT2D eigenvalue weighted by atomic mass is 10.1. The van der Waals surface area contributed by atoms with Gasteiger partial charge in [-0.1, -0.05) is 0 Å². The molecule has 15 heavy (non-hydrogen) atoms. The SMILES string of the molecule is CC1(NC(=O)c2cc(F)ccc2O)CC1. The lowest BCUT2D eigenvalue weighted by Crippen LogP contribution is -2.34. The van der Waals surface area contributed by atoms with E-state index in [-0.39, 0.29) is 16.9 Å². The van der Waals surface area contributed by atoms with Crippen LogP contribution < -0.4 is 5.32 Å². The molecule has 0 saturated heterocycles. The summed E-state index contributed by atoms with van der Waals surface area (Å²) in [7, 11) is 0. The van der Waals surface area contributed by atoms with Crippen LogP contribution in [-0.2, 0) is 0 Å². The van der Waals surface area contributed by atoms with Crippen LogP contribution >= 0.6 is 0 Å². The van der Waals surface area contributed by atoms with Crippen molar-refractivity contribution in [1.29, 1.82) is 0 Å². The van der Waals surface area contributed by atoms with Crippen molar-refractivity contribution in [3.05, 3.63) is 29.6 Å². The van der Waals surface area contributed by atoms with Crippen LogP contribution in [0.2, 0.25) is 0 Å². The van der Waals surface area contributed by atoms with Crippen LogP contribution in [-0.4, -0.2) is 16.6 Å². The van der Waals surface area contributed by atoms with Crippen molar-refractivity contribution < 1.29 is 14.3 Å². The van der Waals surface area contributed by atoms with Gasteiger partial charge in [0.05, 0.1) is 5.56 Å². The third-order valence-electron chi connectivity index (χ3n) is 2.62. The molecular formula is C11H12FNO2. The number of aromatic hydroxyl groups is 1. The molecule has 0 radical (unpaired) electrons. The van der Waals surface area contributed by atoms with Crippen molar-refractivity contribution in [2.75, 3.05) is 0 Å². The summed E-state index contributed by atoms with van der Waals surface area (Å²) in [5.74, 6) is -1.15. The van der Waals surface area contributed by atoms with Crippen molar-refractivity contribution in [2.45, 2.75) is 25.3 Å². The van der Waals surface area contributed by atoms with E-state index < -0.39 is 11.7 Å². The van der Waals surface area contributed by atoms with E-state index in [9.17, 15) is 14.3 Å².